The highest BCUT2D eigenvalue weighted by Gasteiger charge is 2.44. The van der Waals surface area contributed by atoms with Crippen LogP contribution in [-0.4, -0.2) is 88.3 Å². The van der Waals surface area contributed by atoms with Crippen molar-refractivity contribution in [3.8, 4) is 0 Å². The molecular weight excluding hydrogens is 689 g/mol. The van der Waals surface area contributed by atoms with Crippen LogP contribution in [0.3, 0.4) is 0 Å². The van der Waals surface area contributed by atoms with Gasteiger partial charge in [-0.25, -0.2) is 4.79 Å². The van der Waals surface area contributed by atoms with E-state index in [4.69, 9.17) is 4.74 Å². The molecule has 0 aromatic heterocycles. The third kappa shape index (κ3) is 9.90. The number of hydrogen-bond acceptors (Lipinski definition) is 7. The van der Waals surface area contributed by atoms with Gasteiger partial charge in [-0.15, -0.1) is 11.8 Å². The molecule has 0 spiro atoms. The van der Waals surface area contributed by atoms with Crippen LogP contribution in [0.25, 0.3) is 0 Å². The van der Waals surface area contributed by atoms with Crippen molar-refractivity contribution >= 4 is 41.4 Å². The second kappa shape index (κ2) is 18.8. The first-order chi connectivity index (χ1) is 25.8. The second-order valence-corrected chi connectivity index (χ2v) is 16.2. The van der Waals surface area contributed by atoms with Crippen LogP contribution in [0.15, 0.2) is 72.8 Å². The third-order valence-electron chi connectivity index (χ3n) is 11.3. The number of methoxy groups -OCH3 is 1. The van der Waals surface area contributed by atoms with Crippen LogP contribution in [-0.2, 0) is 41.6 Å². The Labute approximate surface area is 317 Å². The van der Waals surface area contributed by atoms with Gasteiger partial charge in [0.2, 0.25) is 23.6 Å². The molecule has 4 aliphatic rings. The fourth-order valence-electron chi connectivity index (χ4n) is 8.39. The summed E-state index contributed by atoms with van der Waals surface area (Å²) in [6, 6.07) is 17.7. The van der Waals surface area contributed by atoms with E-state index in [2.05, 4.69) is 22.8 Å². The van der Waals surface area contributed by atoms with E-state index in [-0.39, 0.29) is 35.0 Å². The van der Waals surface area contributed by atoms with Crippen LogP contribution in [0.2, 0.25) is 0 Å². The lowest BCUT2D eigenvalue weighted by atomic mass is 9.86. The van der Waals surface area contributed by atoms with Gasteiger partial charge in [0.15, 0.2) is 0 Å². The van der Waals surface area contributed by atoms with Gasteiger partial charge in [0.25, 0.3) is 0 Å². The maximum Gasteiger partial charge on any atom is 0.328 e. The summed E-state index contributed by atoms with van der Waals surface area (Å²) in [7, 11) is 1.34. The average Bonchev–Trinajstić information content (AvgIpc) is 3.34. The van der Waals surface area contributed by atoms with E-state index in [0.717, 1.165) is 49.7 Å². The maximum atomic E-state index is 14.3. The highest BCUT2D eigenvalue weighted by Crippen LogP contribution is 2.35. The molecule has 0 aliphatic carbocycles. The van der Waals surface area contributed by atoms with E-state index >= 15 is 0 Å². The zero-order chi connectivity index (χ0) is 37.2. The number of fused-ring (bicyclic) bond motifs is 2. The Bertz CT molecular complexity index is 1600. The molecule has 10 nitrogen and oxygen atoms in total. The summed E-state index contributed by atoms with van der Waals surface area (Å²) >= 11 is 1.66. The number of esters is 1. The number of nitrogens with zero attached hydrogens (tertiary/aromatic N) is 2. The van der Waals surface area contributed by atoms with Crippen molar-refractivity contribution in [1.29, 1.82) is 0 Å². The first-order valence-electron chi connectivity index (χ1n) is 19.5. The zero-order valence-electron chi connectivity index (χ0n) is 30.8. The maximum absolute atomic E-state index is 14.3. The van der Waals surface area contributed by atoms with Gasteiger partial charge in [0.1, 0.15) is 18.1 Å². The highest BCUT2D eigenvalue weighted by molar-refractivity contribution is 7.99. The molecule has 0 saturated carbocycles. The topological polar surface area (TPSA) is 125 Å². The molecule has 53 heavy (non-hydrogen) atoms. The zero-order valence-corrected chi connectivity index (χ0v) is 31.6. The molecule has 6 rings (SSSR count). The van der Waals surface area contributed by atoms with E-state index in [9.17, 15) is 24.0 Å². The van der Waals surface area contributed by atoms with Crippen LogP contribution in [0.1, 0.15) is 81.8 Å². The molecule has 3 saturated heterocycles. The lowest BCUT2D eigenvalue weighted by Crippen LogP contribution is -2.57. The number of nitrogens with one attached hydrogen (secondary N) is 2. The Morgan fingerprint density at radius 2 is 1.40 bits per heavy atom. The summed E-state index contributed by atoms with van der Waals surface area (Å²) in [6.07, 6.45) is 13.0. The summed E-state index contributed by atoms with van der Waals surface area (Å²) in [5.74, 6) is -1.38. The lowest BCUT2D eigenvalue weighted by molar-refractivity contribution is -0.156. The first-order valence-corrected chi connectivity index (χ1v) is 20.5. The van der Waals surface area contributed by atoms with Crippen LogP contribution < -0.4 is 10.6 Å². The predicted molar refractivity (Wildman–Crippen MR) is 205 cm³/mol. The van der Waals surface area contributed by atoms with Gasteiger partial charge < -0.3 is 25.2 Å². The minimum atomic E-state index is -0.759. The van der Waals surface area contributed by atoms with Crippen molar-refractivity contribution in [1.82, 2.24) is 20.4 Å². The molecule has 2 aromatic rings. The van der Waals surface area contributed by atoms with Gasteiger partial charge >= 0.3 is 5.97 Å². The number of benzene rings is 2. The van der Waals surface area contributed by atoms with Crippen molar-refractivity contribution in [3.05, 3.63) is 83.9 Å². The smallest absolute Gasteiger partial charge is 0.328 e. The van der Waals surface area contributed by atoms with Crippen LogP contribution in [0, 0.1) is 11.8 Å². The third-order valence-corrected chi connectivity index (χ3v) is 12.6. The molecule has 284 valence electrons. The Balaban J connectivity index is 1.19. The molecule has 3 fully saturated rings. The molecule has 0 unspecified atom stereocenters. The molecule has 2 aromatic carbocycles. The molecule has 0 bridgehead atoms. The fraction of sp³-hybridized carbons (Fsp3) is 0.548. The Kier molecular flexibility index (Phi) is 13.7. The number of amides is 4. The molecule has 2 N–H and O–H groups in total. The van der Waals surface area contributed by atoms with Crippen LogP contribution >= 0.6 is 11.8 Å². The normalized spacial score (nSPS) is 26.4. The first kappa shape index (κ1) is 38.6. The van der Waals surface area contributed by atoms with Crippen molar-refractivity contribution in [2.24, 2.45) is 11.8 Å². The van der Waals surface area contributed by atoms with Gasteiger partial charge in [-0.1, -0.05) is 72.8 Å². The van der Waals surface area contributed by atoms with Gasteiger partial charge in [-0.05, 0) is 100 Å². The number of hydrogen-bond donors (Lipinski definition) is 2. The van der Waals surface area contributed by atoms with E-state index in [1.807, 2.05) is 65.6 Å². The fourth-order valence-corrected chi connectivity index (χ4v) is 9.77. The van der Waals surface area contributed by atoms with E-state index < -0.39 is 35.9 Å². The summed E-state index contributed by atoms with van der Waals surface area (Å²) in [5, 5.41) is 6.14. The molecule has 7 atom stereocenters. The molecule has 4 aliphatic heterocycles. The molecular formula is C42H54N4O6S. The second-order valence-electron chi connectivity index (χ2n) is 14.9. The summed E-state index contributed by atoms with van der Waals surface area (Å²) < 4.78 is 5.07. The van der Waals surface area contributed by atoms with Crippen molar-refractivity contribution in [2.45, 2.75) is 113 Å². The predicted octanol–water partition coefficient (Wildman–Crippen LogP) is 5.20. The molecule has 11 heteroatoms. The standard InChI is InChI=1S/C42H54N4O6S/c1-52-42(51)36-20-12-21-37-46(36)41(50)35(24-26-53-37)44-39(48)32(28-30-15-6-3-7-16-30)23-22-31(27-29-13-4-2-5-14-29)38(47)43-34-19-9-8-17-33-18-10-11-25-45(33)40(34)49/h2-8,13-17,31-37H,9-12,18-28H2,1H3,(H,43,47)(H,44,48)/b17-8-/t31-,32-,33+,34+,35+,36+,37+/m1/s1. The highest BCUT2D eigenvalue weighted by atomic mass is 32.2. The summed E-state index contributed by atoms with van der Waals surface area (Å²) in [6.45, 7) is 0.702. The number of ether oxygens (including phenoxy) is 1. The number of carbonyl (C=O) groups excluding carboxylic acids is 5. The quantitative estimate of drug-likeness (QED) is 0.226. The SMILES string of the molecule is COC(=O)[C@@H]1CCC[C@@H]2SCC[C@H](NC(=O)[C@H](CC[C@H](Cc3ccccc3)C(=O)N[C@H]3CC/C=C\[C@H]4CCCCN4C3=O)Cc3ccccc3)C(=O)N21. The average molecular weight is 743 g/mol. The summed E-state index contributed by atoms with van der Waals surface area (Å²) in [4.78, 5) is 72.6. The monoisotopic (exact) mass is 742 g/mol. The Hall–Kier alpha value is -4.12. The van der Waals surface area contributed by atoms with Crippen molar-refractivity contribution < 1.29 is 28.7 Å². The van der Waals surface area contributed by atoms with Gasteiger partial charge in [0, 0.05) is 18.4 Å². The lowest BCUT2D eigenvalue weighted by Gasteiger charge is -2.40. The Morgan fingerprint density at radius 3 is 2.02 bits per heavy atom. The van der Waals surface area contributed by atoms with Crippen molar-refractivity contribution in [3.63, 3.8) is 0 Å². The van der Waals surface area contributed by atoms with Crippen molar-refractivity contribution in [2.75, 3.05) is 19.4 Å². The molecule has 4 amide bonds. The van der Waals surface area contributed by atoms with Gasteiger partial charge in [0.05, 0.1) is 18.5 Å². The number of rotatable bonds is 12. The summed E-state index contributed by atoms with van der Waals surface area (Å²) in [5.41, 5.74) is 2.00. The van der Waals surface area contributed by atoms with Gasteiger partial charge in [-0.3, -0.25) is 19.2 Å². The van der Waals surface area contributed by atoms with Crippen LogP contribution in [0.5, 0.6) is 0 Å². The van der Waals surface area contributed by atoms with Crippen LogP contribution in [0.4, 0.5) is 0 Å². The Morgan fingerprint density at radius 1 is 0.774 bits per heavy atom. The number of allylic oxidation sites excluding steroid dienone is 1. The number of thioether (sulfide) groups is 1. The van der Waals surface area contributed by atoms with E-state index in [1.165, 1.54) is 7.11 Å². The van der Waals surface area contributed by atoms with Gasteiger partial charge in [-0.2, -0.15) is 0 Å². The minimum Gasteiger partial charge on any atom is -0.467 e. The molecule has 0 radical (unpaired) electrons. The van der Waals surface area contributed by atoms with E-state index in [0.29, 0.717) is 57.2 Å². The van der Waals surface area contributed by atoms with E-state index in [1.54, 1.807) is 16.7 Å². The minimum absolute atomic E-state index is 0.0104. The largest absolute Gasteiger partial charge is 0.467 e. The number of carbonyl (C=O) groups is 5. The molecule has 4 heterocycles. The number of piperidine rings is 2.